The first kappa shape index (κ1) is 27.9. The zero-order chi connectivity index (χ0) is 27.1. The van der Waals surface area contributed by atoms with E-state index in [1.54, 1.807) is 5.57 Å². The average molecular weight is 521 g/mol. The van der Waals surface area contributed by atoms with Gasteiger partial charge in [0.2, 0.25) is 0 Å². The third-order valence-corrected chi connectivity index (χ3v) is 11.6. The molecule has 4 aliphatic rings. The highest BCUT2D eigenvalue weighted by Gasteiger charge is 2.59. The van der Waals surface area contributed by atoms with Crippen LogP contribution < -0.4 is 0 Å². The number of allylic oxidation sites excluding steroid dienone is 1. The molecule has 3 nitrogen and oxygen atoms in total. The molecule has 3 saturated carbocycles. The van der Waals surface area contributed by atoms with Gasteiger partial charge < -0.3 is 9.47 Å². The van der Waals surface area contributed by atoms with E-state index in [9.17, 15) is 4.79 Å². The molecule has 210 valence electrons. The minimum Gasteiger partial charge on any atom is -0.465 e. The number of esters is 1. The number of carbonyl (C=O) groups is 1. The summed E-state index contributed by atoms with van der Waals surface area (Å²) in [5, 5.41) is 0. The van der Waals surface area contributed by atoms with Crippen LogP contribution in [0.2, 0.25) is 0 Å². The Morgan fingerprint density at radius 1 is 1.03 bits per heavy atom. The highest BCUT2D eigenvalue weighted by molar-refractivity contribution is 5.75. The van der Waals surface area contributed by atoms with E-state index in [4.69, 9.17) is 9.47 Å². The Morgan fingerprint density at radius 2 is 1.79 bits per heavy atom. The summed E-state index contributed by atoms with van der Waals surface area (Å²) in [5.74, 6) is 3.79. The van der Waals surface area contributed by atoms with Crippen LogP contribution in [-0.4, -0.2) is 18.7 Å². The van der Waals surface area contributed by atoms with Gasteiger partial charge in [-0.25, -0.2) is 0 Å². The standard InChI is InChI=1S/C35H52O3/c1-24(18-21-37-32(36)33(2,3)4)29-14-15-30-28-13-12-26-22-27(38-23-25-10-8-7-9-11-25)16-19-34(26,5)31(28)17-20-35(29,30)6/h7-12,24,27-31H,13-23H2,1-6H3/t24-,27+,28+,29-,30+,31+,34+,35-/m1/s1. The lowest BCUT2D eigenvalue weighted by Crippen LogP contribution is -2.51. The van der Waals surface area contributed by atoms with E-state index in [1.807, 2.05) is 20.8 Å². The molecular formula is C35H52O3. The molecule has 0 spiro atoms. The van der Waals surface area contributed by atoms with Crippen LogP contribution in [0.3, 0.4) is 0 Å². The van der Waals surface area contributed by atoms with Crippen LogP contribution in [0.1, 0.15) is 105 Å². The molecule has 3 heteroatoms. The normalized spacial score (nSPS) is 37.4. The topological polar surface area (TPSA) is 35.5 Å². The lowest BCUT2D eigenvalue weighted by molar-refractivity contribution is -0.153. The maximum Gasteiger partial charge on any atom is 0.311 e. The first-order valence-electron chi connectivity index (χ1n) is 15.5. The van der Waals surface area contributed by atoms with Crippen molar-refractivity contribution in [1.82, 2.24) is 0 Å². The zero-order valence-corrected chi connectivity index (χ0v) is 24.9. The molecule has 1 aromatic carbocycles. The summed E-state index contributed by atoms with van der Waals surface area (Å²) in [6, 6.07) is 10.6. The Hall–Kier alpha value is -1.61. The first-order chi connectivity index (χ1) is 18.0. The number of carbonyl (C=O) groups excluding carboxylic acids is 1. The van der Waals surface area contributed by atoms with E-state index in [1.165, 1.54) is 50.5 Å². The van der Waals surface area contributed by atoms with Gasteiger partial charge in [0.25, 0.3) is 0 Å². The van der Waals surface area contributed by atoms with Gasteiger partial charge in [-0.3, -0.25) is 4.79 Å². The van der Waals surface area contributed by atoms with Gasteiger partial charge in [-0.15, -0.1) is 0 Å². The highest BCUT2D eigenvalue weighted by Crippen LogP contribution is 2.67. The van der Waals surface area contributed by atoms with E-state index in [0.717, 1.165) is 43.1 Å². The van der Waals surface area contributed by atoms with Crippen molar-refractivity contribution < 1.29 is 14.3 Å². The molecule has 4 aliphatic carbocycles. The molecule has 0 heterocycles. The largest absolute Gasteiger partial charge is 0.465 e. The third kappa shape index (κ3) is 5.26. The number of hydrogen-bond acceptors (Lipinski definition) is 3. The number of hydrogen-bond donors (Lipinski definition) is 0. The van der Waals surface area contributed by atoms with E-state index in [0.29, 0.717) is 29.5 Å². The molecule has 3 fully saturated rings. The van der Waals surface area contributed by atoms with Crippen LogP contribution >= 0.6 is 0 Å². The van der Waals surface area contributed by atoms with Crippen LogP contribution in [0.15, 0.2) is 42.0 Å². The summed E-state index contributed by atoms with van der Waals surface area (Å²) in [6.07, 6.45) is 14.4. The van der Waals surface area contributed by atoms with Crippen molar-refractivity contribution >= 4 is 5.97 Å². The van der Waals surface area contributed by atoms with Gasteiger partial charge in [0, 0.05) is 0 Å². The Balaban J connectivity index is 1.21. The SMILES string of the molecule is C[C@H](CCOC(=O)C(C)(C)C)[C@H]1CC[C@H]2[C@@H]3CC=C4C[C@@H](OCc5ccccc5)CC[C@]4(C)[C@H]3CC[C@]12C. The fourth-order valence-corrected chi connectivity index (χ4v) is 9.29. The monoisotopic (exact) mass is 520 g/mol. The van der Waals surface area contributed by atoms with E-state index in [-0.39, 0.29) is 5.97 Å². The van der Waals surface area contributed by atoms with Gasteiger partial charge in [-0.2, -0.15) is 0 Å². The first-order valence-corrected chi connectivity index (χ1v) is 15.5. The molecule has 38 heavy (non-hydrogen) atoms. The van der Waals surface area contributed by atoms with Gasteiger partial charge in [0.1, 0.15) is 0 Å². The average Bonchev–Trinajstić information content (AvgIpc) is 3.24. The maximum absolute atomic E-state index is 12.2. The number of benzene rings is 1. The predicted molar refractivity (Wildman–Crippen MR) is 154 cm³/mol. The number of fused-ring (bicyclic) bond motifs is 5. The lowest BCUT2D eigenvalue weighted by atomic mass is 9.47. The predicted octanol–water partition coefficient (Wildman–Crippen LogP) is 8.77. The van der Waals surface area contributed by atoms with Crippen LogP contribution in [0.25, 0.3) is 0 Å². The second-order valence-electron chi connectivity index (χ2n) is 14.8. The summed E-state index contributed by atoms with van der Waals surface area (Å²) < 4.78 is 12.1. The molecule has 0 bridgehead atoms. The summed E-state index contributed by atoms with van der Waals surface area (Å²) in [5.41, 5.74) is 3.37. The van der Waals surface area contributed by atoms with Crippen molar-refractivity contribution in [1.29, 1.82) is 0 Å². The fourth-order valence-electron chi connectivity index (χ4n) is 9.29. The molecule has 0 amide bonds. The molecule has 0 aliphatic heterocycles. The molecule has 0 aromatic heterocycles. The second kappa shape index (κ2) is 10.8. The van der Waals surface area contributed by atoms with Crippen LogP contribution in [0.4, 0.5) is 0 Å². The van der Waals surface area contributed by atoms with Crippen molar-refractivity contribution in [2.45, 2.75) is 112 Å². The fraction of sp³-hybridized carbons (Fsp3) is 0.743. The molecule has 0 saturated heterocycles. The van der Waals surface area contributed by atoms with Crippen molar-refractivity contribution in [3.8, 4) is 0 Å². The van der Waals surface area contributed by atoms with Gasteiger partial charge in [-0.1, -0.05) is 62.8 Å². The van der Waals surface area contributed by atoms with Crippen molar-refractivity contribution in [3.05, 3.63) is 47.5 Å². The number of rotatable bonds is 7. The van der Waals surface area contributed by atoms with E-state index in [2.05, 4.69) is 57.2 Å². The maximum atomic E-state index is 12.2. The Kier molecular flexibility index (Phi) is 7.91. The molecular weight excluding hydrogens is 468 g/mol. The van der Waals surface area contributed by atoms with Crippen LogP contribution in [0.5, 0.6) is 0 Å². The molecule has 0 unspecified atom stereocenters. The van der Waals surface area contributed by atoms with Gasteiger partial charge in [0.15, 0.2) is 0 Å². The Morgan fingerprint density at radius 3 is 2.53 bits per heavy atom. The van der Waals surface area contributed by atoms with E-state index < -0.39 is 5.41 Å². The van der Waals surface area contributed by atoms with Gasteiger partial charge in [0.05, 0.1) is 24.7 Å². The second-order valence-corrected chi connectivity index (χ2v) is 14.8. The van der Waals surface area contributed by atoms with Gasteiger partial charge in [-0.05, 0) is 125 Å². The molecule has 1 aromatic rings. The lowest BCUT2D eigenvalue weighted by Gasteiger charge is -2.58. The van der Waals surface area contributed by atoms with Gasteiger partial charge >= 0.3 is 5.97 Å². The smallest absolute Gasteiger partial charge is 0.311 e. The third-order valence-electron chi connectivity index (χ3n) is 11.6. The summed E-state index contributed by atoms with van der Waals surface area (Å²) >= 11 is 0. The Labute approximate surface area is 232 Å². The molecule has 8 atom stereocenters. The zero-order valence-electron chi connectivity index (χ0n) is 24.9. The molecule has 0 radical (unpaired) electrons. The van der Waals surface area contributed by atoms with Crippen molar-refractivity contribution in [2.75, 3.05) is 6.61 Å². The van der Waals surface area contributed by atoms with Crippen LogP contribution in [0, 0.1) is 45.8 Å². The summed E-state index contributed by atoms with van der Waals surface area (Å²) in [6.45, 7) is 14.8. The molecule has 5 rings (SSSR count). The van der Waals surface area contributed by atoms with Crippen molar-refractivity contribution in [3.63, 3.8) is 0 Å². The van der Waals surface area contributed by atoms with E-state index >= 15 is 0 Å². The highest BCUT2D eigenvalue weighted by atomic mass is 16.5. The summed E-state index contributed by atoms with van der Waals surface area (Å²) in [7, 11) is 0. The molecule has 0 N–H and O–H groups in total. The van der Waals surface area contributed by atoms with Crippen LogP contribution in [-0.2, 0) is 20.9 Å². The minimum atomic E-state index is -0.414. The number of ether oxygens (including phenoxy) is 2. The quantitative estimate of drug-likeness (QED) is 0.266. The Bertz CT molecular complexity index is 1010. The summed E-state index contributed by atoms with van der Waals surface area (Å²) in [4.78, 5) is 12.2. The van der Waals surface area contributed by atoms with Crippen molar-refractivity contribution in [2.24, 2.45) is 45.8 Å². The minimum absolute atomic E-state index is 0.0704.